The summed E-state index contributed by atoms with van der Waals surface area (Å²) in [4.78, 5) is 0. The quantitative estimate of drug-likeness (QED) is 0.773. The molecule has 0 aromatic carbocycles. The summed E-state index contributed by atoms with van der Waals surface area (Å²) < 4.78 is 7.10. The fourth-order valence-electron chi connectivity index (χ4n) is 1.82. The molecule has 0 saturated carbocycles. The Hall–Kier alpha value is -0.870. The Balaban J connectivity index is 1.85. The number of nitrogens with zero attached hydrogens (tertiary/aromatic N) is 2. The van der Waals surface area contributed by atoms with E-state index in [1.807, 2.05) is 12.3 Å². The Morgan fingerprint density at radius 2 is 2.57 bits per heavy atom. The van der Waals surface area contributed by atoms with Crippen molar-refractivity contribution in [2.24, 2.45) is 5.92 Å². The van der Waals surface area contributed by atoms with Gasteiger partial charge in [0.05, 0.1) is 19.3 Å². The van der Waals surface area contributed by atoms with E-state index in [1.165, 1.54) is 0 Å². The molecule has 2 atom stereocenters. The van der Waals surface area contributed by atoms with Gasteiger partial charge in [0.2, 0.25) is 0 Å². The Kier molecular flexibility index (Phi) is 3.16. The molecule has 0 amide bonds. The van der Waals surface area contributed by atoms with Crippen LogP contribution < -0.4 is 0 Å². The van der Waals surface area contributed by atoms with E-state index < -0.39 is 0 Å². The third-order valence-electron chi connectivity index (χ3n) is 2.67. The number of aliphatic hydroxyl groups is 1. The van der Waals surface area contributed by atoms with Gasteiger partial charge in [0, 0.05) is 24.9 Å². The van der Waals surface area contributed by atoms with E-state index in [2.05, 4.69) is 5.10 Å². The average Bonchev–Trinajstić information content (AvgIpc) is 2.72. The van der Waals surface area contributed by atoms with Gasteiger partial charge >= 0.3 is 0 Å². The van der Waals surface area contributed by atoms with Gasteiger partial charge in [0.15, 0.2) is 0 Å². The van der Waals surface area contributed by atoms with Crippen molar-refractivity contribution >= 4 is 0 Å². The molecule has 1 fully saturated rings. The van der Waals surface area contributed by atoms with Gasteiger partial charge in [-0.3, -0.25) is 4.68 Å². The summed E-state index contributed by atoms with van der Waals surface area (Å²) in [7, 11) is 0. The van der Waals surface area contributed by atoms with Crippen LogP contribution in [0.3, 0.4) is 0 Å². The van der Waals surface area contributed by atoms with Crippen LogP contribution in [0.1, 0.15) is 12.8 Å². The zero-order valence-electron chi connectivity index (χ0n) is 8.17. The van der Waals surface area contributed by atoms with Gasteiger partial charge in [-0.15, -0.1) is 0 Å². The highest BCUT2D eigenvalue weighted by Crippen LogP contribution is 2.18. The van der Waals surface area contributed by atoms with E-state index >= 15 is 0 Å². The molecule has 1 aliphatic heterocycles. The number of hydrogen-bond acceptors (Lipinski definition) is 3. The first-order chi connectivity index (χ1) is 6.86. The maximum atomic E-state index is 9.90. The monoisotopic (exact) mass is 196 g/mol. The fourth-order valence-corrected chi connectivity index (χ4v) is 1.82. The van der Waals surface area contributed by atoms with Gasteiger partial charge < -0.3 is 9.84 Å². The van der Waals surface area contributed by atoms with Crippen LogP contribution in [0.25, 0.3) is 0 Å². The highest BCUT2D eigenvalue weighted by molar-refractivity contribution is 4.80. The molecule has 1 aliphatic rings. The van der Waals surface area contributed by atoms with E-state index in [-0.39, 0.29) is 12.0 Å². The summed E-state index contributed by atoms with van der Waals surface area (Å²) in [6.45, 7) is 2.09. The van der Waals surface area contributed by atoms with Gasteiger partial charge in [-0.05, 0) is 18.9 Å². The summed E-state index contributed by atoms with van der Waals surface area (Å²) >= 11 is 0. The van der Waals surface area contributed by atoms with Crippen molar-refractivity contribution in [3.05, 3.63) is 18.5 Å². The third-order valence-corrected chi connectivity index (χ3v) is 2.67. The van der Waals surface area contributed by atoms with Gasteiger partial charge in [0.25, 0.3) is 0 Å². The topological polar surface area (TPSA) is 47.3 Å². The average molecular weight is 196 g/mol. The predicted molar refractivity (Wildman–Crippen MR) is 51.8 cm³/mol. The minimum absolute atomic E-state index is 0.271. The first-order valence-corrected chi connectivity index (χ1v) is 5.09. The molecule has 0 spiro atoms. The van der Waals surface area contributed by atoms with Crippen molar-refractivity contribution in [3.8, 4) is 0 Å². The minimum atomic E-state index is -0.338. The Morgan fingerprint density at radius 3 is 3.21 bits per heavy atom. The summed E-state index contributed by atoms with van der Waals surface area (Å²) in [5.74, 6) is 0.271. The normalized spacial score (nSPS) is 24.8. The second-order valence-corrected chi connectivity index (χ2v) is 3.77. The third kappa shape index (κ3) is 2.33. The molecule has 4 nitrogen and oxygen atoms in total. The first-order valence-electron chi connectivity index (χ1n) is 5.09. The lowest BCUT2D eigenvalue weighted by Crippen LogP contribution is -2.32. The molecule has 2 heterocycles. The molecule has 78 valence electrons. The highest BCUT2D eigenvalue weighted by atomic mass is 16.5. The fraction of sp³-hybridized carbons (Fsp3) is 0.700. The summed E-state index contributed by atoms with van der Waals surface area (Å²) in [6, 6.07) is 1.87. The van der Waals surface area contributed by atoms with E-state index in [0.717, 1.165) is 19.4 Å². The molecule has 1 N–H and O–H groups in total. The second-order valence-electron chi connectivity index (χ2n) is 3.77. The summed E-state index contributed by atoms with van der Waals surface area (Å²) in [5.41, 5.74) is 0. The smallest absolute Gasteiger partial charge is 0.0786 e. The van der Waals surface area contributed by atoms with Crippen molar-refractivity contribution in [1.29, 1.82) is 0 Å². The zero-order valence-corrected chi connectivity index (χ0v) is 8.17. The van der Waals surface area contributed by atoms with Gasteiger partial charge in [0.1, 0.15) is 0 Å². The molecule has 2 rings (SSSR count). The SMILES string of the molecule is OC(Cn1cccn1)C1CCCOC1. The van der Waals surface area contributed by atoms with E-state index in [9.17, 15) is 5.11 Å². The van der Waals surface area contributed by atoms with Crippen LogP contribution in [0.2, 0.25) is 0 Å². The van der Waals surface area contributed by atoms with E-state index in [1.54, 1.807) is 10.9 Å². The molecular formula is C10H16N2O2. The van der Waals surface area contributed by atoms with Gasteiger partial charge in [-0.1, -0.05) is 0 Å². The molecule has 2 unspecified atom stereocenters. The van der Waals surface area contributed by atoms with E-state index in [0.29, 0.717) is 13.2 Å². The maximum Gasteiger partial charge on any atom is 0.0786 e. The molecular weight excluding hydrogens is 180 g/mol. The van der Waals surface area contributed by atoms with Crippen LogP contribution in [0, 0.1) is 5.92 Å². The predicted octanol–water partition coefficient (Wildman–Crippen LogP) is 0.671. The van der Waals surface area contributed by atoms with Crippen molar-refractivity contribution in [2.75, 3.05) is 13.2 Å². The molecule has 1 saturated heterocycles. The van der Waals surface area contributed by atoms with Crippen LogP contribution in [0.4, 0.5) is 0 Å². The van der Waals surface area contributed by atoms with Crippen molar-refractivity contribution in [3.63, 3.8) is 0 Å². The number of ether oxygens (including phenoxy) is 1. The van der Waals surface area contributed by atoms with Crippen LogP contribution in [0.15, 0.2) is 18.5 Å². The number of aliphatic hydroxyl groups excluding tert-OH is 1. The molecule has 14 heavy (non-hydrogen) atoms. The van der Waals surface area contributed by atoms with Crippen molar-refractivity contribution < 1.29 is 9.84 Å². The van der Waals surface area contributed by atoms with Gasteiger partial charge in [-0.2, -0.15) is 5.10 Å². The van der Waals surface area contributed by atoms with Crippen LogP contribution in [-0.2, 0) is 11.3 Å². The number of hydrogen-bond donors (Lipinski definition) is 1. The molecule has 1 aromatic heterocycles. The van der Waals surface area contributed by atoms with E-state index in [4.69, 9.17) is 4.74 Å². The zero-order chi connectivity index (χ0) is 9.80. The summed E-state index contributed by atoms with van der Waals surface area (Å²) in [6.07, 6.45) is 5.37. The summed E-state index contributed by atoms with van der Waals surface area (Å²) in [5, 5.41) is 14.0. The standard InChI is InChI=1S/C10H16N2O2/c13-10(7-12-5-2-4-11-12)9-3-1-6-14-8-9/h2,4-5,9-10,13H,1,3,6-8H2. The first kappa shape index (κ1) is 9.68. The lowest BCUT2D eigenvalue weighted by Gasteiger charge is -2.26. The second kappa shape index (κ2) is 4.57. The van der Waals surface area contributed by atoms with Gasteiger partial charge in [-0.25, -0.2) is 0 Å². The van der Waals surface area contributed by atoms with Crippen molar-refractivity contribution in [2.45, 2.75) is 25.5 Å². The van der Waals surface area contributed by atoms with Crippen molar-refractivity contribution in [1.82, 2.24) is 9.78 Å². The number of rotatable bonds is 3. The molecule has 4 heteroatoms. The largest absolute Gasteiger partial charge is 0.391 e. The molecule has 0 radical (unpaired) electrons. The minimum Gasteiger partial charge on any atom is -0.391 e. The molecule has 0 aliphatic carbocycles. The lowest BCUT2D eigenvalue weighted by atomic mass is 9.96. The van der Waals surface area contributed by atoms with Crippen LogP contribution in [-0.4, -0.2) is 34.2 Å². The Bertz CT molecular complexity index is 255. The Labute approximate surface area is 83.5 Å². The Morgan fingerprint density at radius 1 is 1.64 bits per heavy atom. The number of aromatic nitrogens is 2. The molecule has 0 bridgehead atoms. The molecule has 1 aromatic rings. The lowest BCUT2D eigenvalue weighted by molar-refractivity contribution is -0.0161. The highest BCUT2D eigenvalue weighted by Gasteiger charge is 2.22. The maximum absolute atomic E-state index is 9.90. The van der Waals surface area contributed by atoms with Crippen LogP contribution >= 0.6 is 0 Å². The van der Waals surface area contributed by atoms with Crippen LogP contribution in [0.5, 0.6) is 0 Å².